The molecule has 0 spiro atoms. The van der Waals surface area contributed by atoms with Crippen molar-refractivity contribution in [2.24, 2.45) is 5.10 Å². The summed E-state index contributed by atoms with van der Waals surface area (Å²) in [5, 5.41) is 6.34. The maximum atomic E-state index is 12.5. The first-order chi connectivity index (χ1) is 14.8. The smallest absolute Gasteiger partial charge is 0.271 e. The number of carbonyl (C=O) groups excluding carboxylic acids is 1. The number of nitrogens with zero attached hydrogens (tertiary/aromatic N) is 2. The van der Waals surface area contributed by atoms with E-state index >= 15 is 0 Å². The number of hydrogen-bond acceptors (Lipinski definition) is 3. The highest BCUT2D eigenvalue weighted by Crippen LogP contribution is 2.40. The summed E-state index contributed by atoms with van der Waals surface area (Å²) in [5.74, 6) is -0.219. The average molecular weight is 412 g/mol. The van der Waals surface area contributed by atoms with E-state index in [1.165, 1.54) is 16.8 Å². The molecule has 1 aliphatic heterocycles. The van der Waals surface area contributed by atoms with Crippen molar-refractivity contribution in [1.29, 1.82) is 0 Å². The average Bonchev–Trinajstić information content (AvgIpc) is 2.72. The lowest BCUT2D eigenvalue weighted by Crippen LogP contribution is -2.49. The standard InChI is InChI=1S/C27H29N3O/c1-18(2)30-25-13-10-20(14-24(25)19(3)16-27(30,4)5)17-28-29-26(31)23-12-11-21-8-6-7-9-22(21)15-23/h6-18H,1-5H3,(H,29,31)/b28-17-. The number of benzene rings is 3. The van der Waals surface area contributed by atoms with Crippen molar-refractivity contribution < 1.29 is 4.79 Å². The number of hydrogen-bond donors (Lipinski definition) is 1. The number of hydrazone groups is 1. The van der Waals surface area contributed by atoms with Gasteiger partial charge in [0.15, 0.2) is 0 Å². The number of amides is 1. The molecule has 4 heteroatoms. The molecule has 1 amide bonds. The van der Waals surface area contributed by atoms with Crippen molar-refractivity contribution >= 4 is 34.2 Å². The Labute approximate surface area is 184 Å². The molecule has 4 nitrogen and oxygen atoms in total. The normalized spacial score (nSPS) is 15.3. The van der Waals surface area contributed by atoms with Crippen LogP contribution in [-0.4, -0.2) is 23.7 Å². The molecule has 0 aliphatic carbocycles. The Morgan fingerprint density at radius 1 is 1.03 bits per heavy atom. The van der Waals surface area contributed by atoms with Crippen LogP contribution >= 0.6 is 0 Å². The number of anilines is 1. The van der Waals surface area contributed by atoms with Crippen LogP contribution in [0.5, 0.6) is 0 Å². The van der Waals surface area contributed by atoms with Crippen LogP contribution < -0.4 is 10.3 Å². The van der Waals surface area contributed by atoms with Crippen LogP contribution in [0.2, 0.25) is 0 Å². The Hall–Kier alpha value is -3.40. The van der Waals surface area contributed by atoms with E-state index in [0.29, 0.717) is 11.6 Å². The molecule has 1 heterocycles. The number of carbonyl (C=O) groups is 1. The summed E-state index contributed by atoms with van der Waals surface area (Å²) in [4.78, 5) is 15.0. The molecule has 0 saturated heterocycles. The second-order valence-electron chi connectivity index (χ2n) is 8.98. The zero-order valence-corrected chi connectivity index (χ0v) is 18.8. The van der Waals surface area contributed by atoms with Crippen LogP contribution in [0.15, 0.2) is 71.8 Å². The predicted octanol–water partition coefficient (Wildman–Crippen LogP) is 6.01. The van der Waals surface area contributed by atoms with Gasteiger partial charge in [-0.25, -0.2) is 5.43 Å². The Morgan fingerprint density at radius 2 is 1.77 bits per heavy atom. The summed E-state index contributed by atoms with van der Waals surface area (Å²) in [6, 6.07) is 20.4. The van der Waals surface area contributed by atoms with E-state index in [-0.39, 0.29) is 11.4 Å². The van der Waals surface area contributed by atoms with Gasteiger partial charge in [0, 0.05) is 22.9 Å². The Kier molecular flexibility index (Phi) is 5.40. The molecule has 4 rings (SSSR count). The van der Waals surface area contributed by atoms with Crippen molar-refractivity contribution in [3.8, 4) is 0 Å². The van der Waals surface area contributed by atoms with E-state index in [9.17, 15) is 4.79 Å². The van der Waals surface area contributed by atoms with Crippen LogP contribution in [0, 0.1) is 0 Å². The highest BCUT2D eigenvalue weighted by molar-refractivity contribution is 5.99. The van der Waals surface area contributed by atoms with Gasteiger partial charge in [-0.2, -0.15) is 5.10 Å². The van der Waals surface area contributed by atoms with Crippen molar-refractivity contribution in [2.75, 3.05) is 4.90 Å². The minimum atomic E-state index is -0.219. The third kappa shape index (κ3) is 4.11. The summed E-state index contributed by atoms with van der Waals surface area (Å²) < 4.78 is 0. The number of allylic oxidation sites excluding steroid dienone is 1. The first-order valence-corrected chi connectivity index (χ1v) is 10.7. The van der Waals surface area contributed by atoms with Gasteiger partial charge in [-0.15, -0.1) is 0 Å². The zero-order chi connectivity index (χ0) is 22.2. The highest BCUT2D eigenvalue weighted by atomic mass is 16.2. The molecule has 0 fully saturated rings. The van der Waals surface area contributed by atoms with Crippen LogP contribution in [0.1, 0.15) is 56.1 Å². The van der Waals surface area contributed by atoms with Gasteiger partial charge in [0.25, 0.3) is 5.91 Å². The quantitative estimate of drug-likeness (QED) is 0.422. The molecule has 0 aromatic heterocycles. The van der Waals surface area contributed by atoms with Gasteiger partial charge < -0.3 is 4.90 Å². The second kappa shape index (κ2) is 8.03. The Bertz CT molecular complexity index is 1200. The fourth-order valence-electron chi connectivity index (χ4n) is 4.65. The van der Waals surface area contributed by atoms with Gasteiger partial charge in [-0.05, 0) is 80.8 Å². The first-order valence-electron chi connectivity index (χ1n) is 10.7. The highest BCUT2D eigenvalue weighted by Gasteiger charge is 2.32. The van der Waals surface area contributed by atoms with E-state index in [4.69, 9.17) is 0 Å². The van der Waals surface area contributed by atoms with Gasteiger partial charge in [0.05, 0.1) is 11.8 Å². The summed E-state index contributed by atoms with van der Waals surface area (Å²) in [6.45, 7) is 11.1. The minimum Gasteiger partial charge on any atom is -0.360 e. The molecule has 0 atom stereocenters. The molecule has 1 aliphatic rings. The van der Waals surface area contributed by atoms with Crippen LogP contribution in [0.25, 0.3) is 16.3 Å². The topological polar surface area (TPSA) is 44.7 Å². The van der Waals surface area contributed by atoms with E-state index in [2.05, 4.69) is 74.3 Å². The molecule has 0 bridgehead atoms. The third-order valence-corrected chi connectivity index (χ3v) is 5.80. The largest absolute Gasteiger partial charge is 0.360 e. The van der Waals surface area contributed by atoms with Crippen molar-refractivity contribution in [1.82, 2.24) is 5.43 Å². The Morgan fingerprint density at radius 3 is 2.52 bits per heavy atom. The van der Waals surface area contributed by atoms with E-state index < -0.39 is 0 Å². The molecule has 0 radical (unpaired) electrons. The summed E-state index contributed by atoms with van der Waals surface area (Å²) in [5.41, 5.74) is 7.86. The van der Waals surface area contributed by atoms with Crippen LogP contribution in [-0.2, 0) is 0 Å². The maximum absolute atomic E-state index is 12.5. The van der Waals surface area contributed by atoms with E-state index in [0.717, 1.165) is 16.3 Å². The molecule has 3 aromatic rings. The molecule has 3 aromatic carbocycles. The molecule has 158 valence electrons. The van der Waals surface area contributed by atoms with Crippen LogP contribution in [0.3, 0.4) is 0 Å². The maximum Gasteiger partial charge on any atom is 0.271 e. The summed E-state index contributed by atoms with van der Waals surface area (Å²) in [6.07, 6.45) is 4.02. The number of fused-ring (bicyclic) bond motifs is 2. The Balaban J connectivity index is 1.53. The van der Waals surface area contributed by atoms with E-state index in [1.54, 1.807) is 6.21 Å². The lowest BCUT2D eigenvalue weighted by molar-refractivity contribution is 0.0955. The second-order valence-corrected chi connectivity index (χ2v) is 8.98. The molecular formula is C27H29N3O. The molecule has 0 unspecified atom stereocenters. The van der Waals surface area contributed by atoms with Gasteiger partial charge >= 0.3 is 0 Å². The third-order valence-electron chi connectivity index (χ3n) is 5.80. The molecule has 31 heavy (non-hydrogen) atoms. The van der Waals surface area contributed by atoms with Gasteiger partial charge in [0.1, 0.15) is 0 Å². The molecule has 0 saturated carbocycles. The predicted molar refractivity (Wildman–Crippen MR) is 131 cm³/mol. The number of nitrogens with one attached hydrogen (secondary N) is 1. The van der Waals surface area contributed by atoms with Gasteiger partial charge in [-0.1, -0.05) is 42.5 Å². The fraction of sp³-hybridized carbons (Fsp3) is 0.259. The van der Waals surface area contributed by atoms with Crippen molar-refractivity contribution in [2.45, 2.75) is 46.2 Å². The summed E-state index contributed by atoms with van der Waals surface area (Å²) >= 11 is 0. The summed E-state index contributed by atoms with van der Waals surface area (Å²) in [7, 11) is 0. The van der Waals surface area contributed by atoms with Gasteiger partial charge in [0.2, 0.25) is 0 Å². The molecule has 1 N–H and O–H groups in total. The molecular weight excluding hydrogens is 382 g/mol. The lowest BCUT2D eigenvalue weighted by Gasteiger charge is -2.46. The zero-order valence-electron chi connectivity index (χ0n) is 18.8. The van der Waals surface area contributed by atoms with Gasteiger partial charge in [-0.3, -0.25) is 4.79 Å². The SMILES string of the molecule is CC1=CC(C)(C)N(C(C)C)c2ccc(/C=N\NC(=O)c3ccc4ccccc4c3)cc21. The fourth-order valence-corrected chi connectivity index (χ4v) is 4.65. The monoisotopic (exact) mass is 411 g/mol. The lowest BCUT2D eigenvalue weighted by atomic mass is 9.87. The van der Waals surface area contributed by atoms with Crippen molar-refractivity contribution in [3.05, 3.63) is 83.4 Å². The minimum absolute atomic E-state index is 0.0330. The van der Waals surface area contributed by atoms with Crippen molar-refractivity contribution in [3.63, 3.8) is 0 Å². The first kappa shape index (κ1) is 20.9. The van der Waals surface area contributed by atoms with Crippen LogP contribution in [0.4, 0.5) is 5.69 Å². The van der Waals surface area contributed by atoms with E-state index in [1.807, 2.05) is 42.5 Å². The number of rotatable bonds is 4.